The molecular formula is C12H16Cl2F3N3O. The van der Waals surface area contributed by atoms with Gasteiger partial charge in [0.2, 0.25) is 0 Å². The van der Waals surface area contributed by atoms with Crippen molar-refractivity contribution >= 4 is 30.7 Å². The molecule has 1 unspecified atom stereocenters. The first-order chi connectivity index (χ1) is 8.97. The van der Waals surface area contributed by atoms with Crippen molar-refractivity contribution in [2.24, 2.45) is 5.92 Å². The average molecular weight is 346 g/mol. The fourth-order valence-corrected chi connectivity index (χ4v) is 1.92. The van der Waals surface area contributed by atoms with E-state index in [1.807, 2.05) is 0 Å². The fourth-order valence-electron chi connectivity index (χ4n) is 1.92. The van der Waals surface area contributed by atoms with Crippen molar-refractivity contribution in [2.75, 3.05) is 19.6 Å². The number of hydrogen-bond donors (Lipinski definition) is 2. The Bertz CT molecular complexity index is 448. The molecule has 21 heavy (non-hydrogen) atoms. The molecule has 0 bridgehead atoms. The number of amides is 1. The van der Waals surface area contributed by atoms with Gasteiger partial charge in [-0.1, -0.05) is 0 Å². The zero-order valence-corrected chi connectivity index (χ0v) is 12.6. The number of nitrogens with one attached hydrogen (secondary N) is 2. The summed E-state index contributed by atoms with van der Waals surface area (Å²) >= 11 is 0. The van der Waals surface area contributed by atoms with Gasteiger partial charge in [0.05, 0.1) is 5.56 Å². The van der Waals surface area contributed by atoms with E-state index in [2.05, 4.69) is 15.6 Å². The van der Waals surface area contributed by atoms with Gasteiger partial charge < -0.3 is 10.6 Å². The largest absolute Gasteiger partial charge is 0.433 e. The number of carbonyl (C=O) groups is 1. The zero-order chi connectivity index (χ0) is 13.9. The molecule has 0 saturated carbocycles. The molecule has 2 N–H and O–H groups in total. The molecule has 1 fully saturated rings. The first kappa shape index (κ1) is 19.9. The Morgan fingerprint density at radius 3 is 2.57 bits per heavy atom. The first-order valence-electron chi connectivity index (χ1n) is 5.99. The molecule has 0 radical (unpaired) electrons. The van der Waals surface area contributed by atoms with Crippen LogP contribution >= 0.6 is 24.8 Å². The highest BCUT2D eigenvalue weighted by atomic mass is 35.5. The number of alkyl halides is 3. The smallest absolute Gasteiger partial charge is 0.352 e. The predicted octanol–water partition coefficient (Wildman–Crippen LogP) is 2.28. The maximum Gasteiger partial charge on any atom is 0.433 e. The monoisotopic (exact) mass is 345 g/mol. The van der Waals surface area contributed by atoms with Crippen LogP contribution in [0.25, 0.3) is 0 Å². The van der Waals surface area contributed by atoms with Crippen LogP contribution in [0.1, 0.15) is 22.5 Å². The van der Waals surface area contributed by atoms with Crippen LogP contribution in [0.3, 0.4) is 0 Å². The molecule has 1 aromatic rings. The Morgan fingerprint density at radius 1 is 1.38 bits per heavy atom. The highest BCUT2D eigenvalue weighted by molar-refractivity contribution is 5.93. The van der Waals surface area contributed by atoms with Gasteiger partial charge in [-0.25, -0.2) is 0 Å². The summed E-state index contributed by atoms with van der Waals surface area (Å²) in [5.74, 6) is -0.0144. The summed E-state index contributed by atoms with van der Waals surface area (Å²) in [5.41, 5.74) is -0.858. The number of pyridine rings is 1. The predicted molar refractivity (Wildman–Crippen MR) is 77.0 cm³/mol. The van der Waals surface area contributed by atoms with Gasteiger partial charge in [0.25, 0.3) is 5.91 Å². The van der Waals surface area contributed by atoms with Gasteiger partial charge in [0, 0.05) is 12.7 Å². The summed E-state index contributed by atoms with van der Waals surface area (Å²) in [5, 5.41) is 5.87. The molecule has 1 aliphatic heterocycles. The topological polar surface area (TPSA) is 54.0 Å². The van der Waals surface area contributed by atoms with Crippen LogP contribution in [-0.4, -0.2) is 30.5 Å². The summed E-state index contributed by atoms with van der Waals surface area (Å²) in [6.07, 6.45) is -2.54. The SMILES string of the molecule is Cl.Cl.O=C(NCC1CCNC1)c1ccc(C(F)(F)F)nc1. The van der Waals surface area contributed by atoms with Crippen molar-refractivity contribution in [3.8, 4) is 0 Å². The minimum Gasteiger partial charge on any atom is -0.352 e. The molecule has 2 heterocycles. The van der Waals surface area contributed by atoms with Crippen molar-refractivity contribution in [1.82, 2.24) is 15.6 Å². The summed E-state index contributed by atoms with van der Waals surface area (Å²) in [7, 11) is 0. The number of carbonyl (C=O) groups excluding carboxylic acids is 1. The Balaban J connectivity index is 0.00000200. The van der Waals surface area contributed by atoms with Gasteiger partial charge in [-0.05, 0) is 37.6 Å². The molecular weight excluding hydrogens is 330 g/mol. The molecule has 0 aliphatic carbocycles. The van der Waals surface area contributed by atoms with E-state index in [0.29, 0.717) is 12.5 Å². The Morgan fingerprint density at radius 2 is 2.10 bits per heavy atom. The number of nitrogens with zero attached hydrogens (tertiary/aromatic N) is 1. The van der Waals surface area contributed by atoms with Gasteiger partial charge in [0.15, 0.2) is 0 Å². The lowest BCUT2D eigenvalue weighted by Gasteiger charge is -2.10. The summed E-state index contributed by atoms with van der Waals surface area (Å²) in [6, 6.07) is 1.95. The van der Waals surface area contributed by atoms with Crippen molar-refractivity contribution in [1.29, 1.82) is 0 Å². The molecule has 1 atom stereocenters. The number of hydrogen-bond acceptors (Lipinski definition) is 3. The molecule has 0 spiro atoms. The summed E-state index contributed by atoms with van der Waals surface area (Å²) < 4.78 is 36.9. The van der Waals surface area contributed by atoms with Crippen molar-refractivity contribution in [3.05, 3.63) is 29.6 Å². The lowest BCUT2D eigenvalue weighted by molar-refractivity contribution is -0.141. The second-order valence-corrected chi connectivity index (χ2v) is 4.50. The Kier molecular flexibility index (Phi) is 7.99. The Labute approximate surface area is 132 Å². The van der Waals surface area contributed by atoms with E-state index in [9.17, 15) is 18.0 Å². The maximum atomic E-state index is 12.3. The summed E-state index contributed by atoms with van der Waals surface area (Å²) in [6.45, 7) is 2.31. The molecule has 2 rings (SSSR count). The van der Waals surface area contributed by atoms with Crippen LogP contribution in [0.5, 0.6) is 0 Å². The normalized spacial score (nSPS) is 17.6. The van der Waals surface area contributed by atoms with Crippen LogP contribution in [0.15, 0.2) is 18.3 Å². The third-order valence-electron chi connectivity index (χ3n) is 3.03. The zero-order valence-electron chi connectivity index (χ0n) is 10.9. The molecule has 1 saturated heterocycles. The summed E-state index contributed by atoms with van der Waals surface area (Å²) in [4.78, 5) is 15.0. The van der Waals surface area contributed by atoms with E-state index >= 15 is 0 Å². The van der Waals surface area contributed by atoms with Gasteiger partial charge in [0.1, 0.15) is 5.69 Å². The number of aromatic nitrogens is 1. The second kappa shape index (κ2) is 8.41. The van der Waals surface area contributed by atoms with Crippen molar-refractivity contribution in [2.45, 2.75) is 12.6 Å². The highest BCUT2D eigenvalue weighted by Crippen LogP contribution is 2.27. The quantitative estimate of drug-likeness (QED) is 0.883. The van der Waals surface area contributed by atoms with E-state index in [0.717, 1.165) is 37.8 Å². The van der Waals surface area contributed by atoms with E-state index in [4.69, 9.17) is 0 Å². The third kappa shape index (κ3) is 5.68. The standard InChI is InChI=1S/C12H14F3N3O.2ClH/c13-12(14,15)10-2-1-9(7-17-10)11(19)18-6-8-3-4-16-5-8;;/h1-2,7-8,16H,3-6H2,(H,18,19);2*1H. The van der Waals surface area contributed by atoms with E-state index in [1.165, 1.54) is 0 Å². The van der Waals surface area contributed by atoms with E-state index in [1.54, 1.807) is 0 Å². The molecule has 0 aromatic carbocycles. The van der Waals surface area contributed by atoms with Crippen LogP contribution < -0.4 is 10.6 Å². The second-order valence-electron chi connectivity index (χ2n) is 4.50. The lowest BCUT2D eigenvalue weighted by atomic mass is 10.1. The third-order valence-corrected chi connectivity index (χ3v) is 3.03. The van der Waals surface area contributed by atoms with Crippen molar-refractivity contribution < 1.29 is 18.0 Å². The van der Waals surface area contributed by atoms with Crippen LogP contribution in [0.2, 0.25) is 0 Å². The number of halogens is 5. The fraction of sp³-hybridized carbons (Fsp3) is 0.500. The van der Waals surface area contributed by atoms with Crippen molar-refractivity contribution in [3.63, 3.8) is 0 Å². The molecule has 1 amide bonds. The molecule has 4 nitrogen and oxygen atoms in total. The first-order valence-corrected chi connectivity index (χ1v) is 5.99. The van der Waals surface area contributed by atoms with E-state index < -0.39 is 17.8 Å². The average Bonchev–Trinajstić information content (AvgIpc) is 2.88. The van der Waals surface area contributed by atoms with Crippen LogP contribution in [0, 0.1) is 5.92 Å². The molecule has 9 heteroatoms. The minimum absolute atomic E-state index is 0. The minimum atomic E-state index is -4.48. The van der Waals surface area contributed by atoms with Crippen LogP contribution in [0.4, 0.5) is 13.2 Å². The molecule has 1 aromatic heterocycles. The highest BCUT2D eigenvalue weighted by Gasteiger charge is 2.32. The number of rotatable bonds is 3. The van der Waals surface area contributed by atoms with Gasteiger partial charge >= 0.3 is 6.18 Å². The van der Waals surface area contributed by atoms with Crippen LogP contribution in [-0.2, 0) is 6.18 Å². The molecule has 120 valence electrons. The maximum absolute atomic E-state index is 12.3. The van der Waals surface area contributed by atoms with Gasteiger partial charge in [-0.15, -0.1) is 24.8 Å². The molecule has 1 aliphatic rings. The van der Waals surface area contributed by atoms with Gasteiger partial charge in [-0.3, -0.25) is 9.78 Å². The Hall–Kier alpha value is -1.05. The van der Waals surface area contributed by atoms with Gasteiger partial charge in [-0.2, -0.15) is 13.2 Å². The lowest BCUT2D eigenvalue weighted by Crippen LogP contribution is -2.30. The van der Waals surface area contributed by atoms with E-state index in [-0.39, 0.29) is 30.4 Å².